The minimum atomic E-state index is -0.433. The molecule has 0 amide bonds. The van der Waals surface area contributed by atoms with Crippen molar-refractivity contribution in [2.45, 2.75) is 18.8 Å². The molecule has 1 aromatic carbocycles. The summed E-state index contributed by atoms with van der Waals surface area (Å²) in [7, 11) is 0. The Balaban J connectivity index is 1.96. The Hall–Kier alpha value is -2.10. The molecule has 2 heterocycles. The number of rotatable bonds is 1. The van der Waals surface area contributed by atoms with Gasteiger partial charge in [0, 0.05) is 17.6 Å². The Morgan fingerprint density at radius 2 is 1.88 bits per heavy atom. The maximum absolute atomic E-state index is 11.2. The Kier molecular flexibility index (Phi) is 2.21. The second-order valence-corrected chi connectivity index (χ2v) is 4.28. The summed E-state index contributed by atoms with van der Waals surface area (Å²) < 4.78 is 4.52. The second kappa shape index (κ2) is 3.73. The zero-order valence-electron chi connectivity index (χ0n) is 9.10. The second-order valence-electron chi connectivity index (χ2n) is 4.28. The Morgan fingerprint density at radius 3 is 2.65 bits per heavy atom. The third kappa shape index (κ3) is 1.82. The first-order chi connectivity index (χ1) is 8.22. The highest BCUT2D eigenvalue weighted by Crippen LogP contribution is 2.29. The normalized spacial score (nSPS) is 17.4. The minimum absolute atomic E-state index is 0.0588. The van der Waals surface area contributed by atoms with Gasteiger partial charge in [-0.05, 0) is 23.1 Å². The molecule has 0 saturated carbocycles. The van der Waals surface area contributed by atoms with E-state index in [1.54, 1.807) is 0 Å². The lowest BCUT2D eigenvalue weighted by atomic mass is 9.90. The number of ether oxygens (including phenoxy) is 1. The number of hydrogen-bond donors (Lipinski definition) is 1. The van der Waals surface area contributed by atoms with Crippen LogP contribution in [0.5, 0.6) is 0 Å². The molecule has 0 atom stereocenters. The molecule has 1 N–H and O–H groups in total. The van der Waals surface area contributed by atoms with Gasteiger partial charge in [0.15, 0.2) is 0 Å². The first kappa shape index (κ1) is 10.1. The van der Waals surface area contributed by atoms with E-state index in [4.69, 9.17) is 0 Å². The highest BCUT2D eigenvalue weighted by atomic mass is 16.6. The largest absolute Gasteiger partial charge is 0.393 e. The van der Waals surface area contributed by atoms with E-state index in [0.29, 0.717) is 0 Å². The van der Waals surface area contributed by atoms with Crippen LogP contribution in [0, 0.1) is 0 Å². The van der Waals surface area contributed by atoms with Crippen LogP contribution in [0.3, 0.4) is 0 Å². The van der Waals surface area contributed by atoms with Crippen molar-refractivity contribution in [3.8, 4) is 0 Å². The highest BCUT2D eigenvalue weighted by molar-refractivity contribution is 5.90. The Bertz CT molecular complexity index is 583. The molecule has 3 rings (SSSR count). The lowest BCUT2D eigenvalue weighted by Gasteiger charge is -2.19. The third-order valence-corrected chi connectivity index (χ3v) is 3.10. The Labute approximate surface area is 97.6 Å². The standard InChI is InChI=1S/C13H11NO3/c15-12-6-10(7-13(16)17-12)9-2-1-8-3-4-14-11(8)5-9/h1-5,10,14H,6-7H2. The van der Waals surface area contributed by atoms with Gasteiger partial charge in [0.05, 0.1) is 12.8 Å². The van der Waals surface area contributed by atoms with Crippen molar-refractivity contribution in [1.29, 1.82) is 0 Å². The first-order valence-corrected chi connectivity index (χ1v) is 5.53. The molecule has 2 aromatic rings. The van der Waals surface area contributed by atoms with Gasteiger partial charge in [-0.15, -0.1) is 0 Å². The van der Waals surface area contributed by atoms with E-state index < -0.39 is 11.9 Å². The lowest BCUT2D eigenvalue weighted by molar-refractivity contribution is -0.163. The van der Waals surface area contributed by atoms with Crippen molar-refractivity contribution in [1.82, 2.24) is 4.98 Å². The van der Waals surface area contributed by atoms with Crippen LogP contribution < -0.4 is 0 Å². The van der Waals surface area contributed by atoms with Crippen molar-refractivity contribution >= 4 is 22.8 Å². The lowest BCUT2D eigenvalue weighted by Crippen LogP contribution is -2.24. The summed E-state index contributed by atoms with van der Waals surface area (Å²) in [5, 5.41) is 1.12. The zero-order valence-corrected chi connectivity index (χ0v) is 9.10. The van der Waals surface area contributed by atoms with Crippen molar-refractivity contribution < 1.29 is 14.3 Å². The third-order valence-electron chi connectivity index (χ3n) is 3.10. The molecule has 17 heavy (non-hydrogen) atoms. The molecular formula is C13H11NO3. The van der Waals surface area contributed by atoms with Gasteiger partial charge in [-0.25, -0.2) is 0 Å². The number of aromatic nitrogens is 1. The number of fused-ring (bicyclic) bond motifs is 1. The molecule has 4 heteroatoms. The predicted octanol–water partition coefficient (Wildman–Crippen LogP) is 2.12. The number of hydrogen-bond acceptors (Lipinski definition) is 3. The van der Waals surface area contributed by atoms with E-state index >= 15 is 0 Å². The average molecular weight is 229 g/mol. The molecular weight excluding hydrogens is 218 g/mol. The van der Waals surface area contributed by atoms with Crippen molar-refractivity contribution in [2.24, 2.45) is 0 Å². The van der Waals surface area contributed by atoms with Crippen LogP contribution in [-0.4, -0.2) is 16.9 Å². The molecule has 0 spiro atoms. The topological polar surface area (TPSA) is 59.2 Å². The molecule has 4 nitrogen and oxygen atoms in total. The summed E-state index contributed by atoms with van der Waals surface area (Å²) in [6, 6.07) is 7.93. The van der Waals surface area contributed by atoms with Crippen LogP contribution in [-0.2, 0) is 14.3 Å². The van der Waals surface area contributed by atoms with Gasteiger partial charge >= 0.3 is 11.9 Å². The van der Waals surface area contributed by atoms with E-state index in [0.717, 1.165) is 16.5 Å². The van der Waals surface area contributed by atoms with E-state index in [9.17, 15) is 9.59 Å². The van der Waals surface area contributed by atoms with E-state index in [2.05, 4.69) is 9.72 Å². The SMILES string of the molecule is O=C1CC(c2ccc3cc[nH]c3c2)CC(=O)O1. The monoisotopic (exact) mass is 229 g/mol. The molecule has 1 aliphatic heterocycles. The van der Waals surface area contributed by atoms with E-state index in [1.807, 2.05) is 30.5 Å². The number of benzene rings is 1. The summed E-state index contributed by atoms with van der Waals surface area (Å²) in [5.41, 5.74) is 2.03. The summed E-state index contributed by atoms with van der Waals surface area (Å²) in [4.78, 5) is 25.6. The number of H-pyrrole nitrogens is 1. The summed E-state index contributed by atoms with van der Waals surface area (Å²) in [5.74, 6) is -0.924. The van der Waals surface area contributed by atoms with E-state index in [-0.39, 0.29) is 18.8 Å². The fourth-order valence-corrected chi connectivity index (χ4v) is 2.24. The van der Waals surface area contributed by atoms with Gasteiger partial charge in [-0.2, -0.15) is 0 Å². The van der Waals surface area contributed by atoms with Gasteiger partial charge in [0.25, 0.3) is 0 Å². The van der Waals surface area contributed by atoms with Crippen LogP contribution in [0.15, 0.2) is 30.5 Å². The Morgan fingerprint density at radius 1 is 1.12 bits per heavy atom. The van der Waals surface area contributed by atoms with Crippen LogP contribution in [0.2, 0.25) is 0 Å². The number of cyclic esters (lactones) is 2. The molecule has 1 aromatic heterocycles. The fourth-order valence-electron chi connectivity index (χ4n) is 2.24. The molecule has 0 unspecified atom stereocenters. The average Bonchev–Trinajstić information content (AvgIpc) is 2.74. The van der Waals surface area contributed by atoms with Crippen molar-refractivity contribution in [3.63, 3.8) is 0 Å². The maximum atomic E-state index is 11.2. The number of carbonyl (C=O) groups excluding carboxylic acids is 2. The summed E-state index contributed by atoms with van der Waals surface area (Å²) >= 11 is 0. The van der Waals surface area contributed by atoms with Crippen LogP contribution in [0.25, 0.3) is 10.9 Å². The molecule has 0 radical (unpaired) electrons. The summed E-state index contributed by atoms with van der Waals surface area (Å²) in [6.07, 6.45) is 2.42. The van der Waals surface area contributed by atoms with Gasteiger partial charge < -0.3 is 9.72 Å². The molecule has 1 saturated heterocycles. The number of carbonyl (C=O) groups is 2. The number of aromatic amines is 1. The van der Waals surface area contributed by atoms with Crippen molar-refractivity contribution in [2.75, 3.05) is 0 Å². The first-order valence-electron chi connectivity index (χ1n) is 5.53. The molecule has 0 bridgehead atoms. The minimum Gasteiger partial charge on any atom is -0.393 e. The van der Waals surface area contributed by atoms with Gasteiger partial charge in [0.1, 0.15) is 0 Å². The van der Waals surface area contributed by atoms with Gasteiger partial charge in [-0.1, -0.05) is 12.1 Å². The number of nitrogens with one attached hydrogen (secondary N) is 1. The highest BCUT2D eigenvalue weighted by Gasteiger charge is 2.28. The molecule has 1 fully saturated rings. The van der Waals surface area contributed by atoms with Gasteiger partial charge in [0.2, 0.25) is 0 Å². The fraction of sp³-hybridized carbons (Fsp3) is 0.231. The van der Waals surface area contributed by atoms with Crippen LogP contribution in [0.4, 0.5) is 0 Å². The quantitative estimate of drug-likeness (QED) is 0.601. The molecule has 86 valence electrons. The number of esters is 2. The molecule has 0 aliphatic carbocycles. The van der Waals surface area contributed by atoms with Crippen LogP contribution >= 0.6 is 0 Å². The smallest absolute Gasteiger partial charge is 0.314 e. The zero-order chi connectivity index (χ0) is 11.8. The van der Waals surface area contributed by atoms with E-state index in [1.165, 1.54) is 0 Å². The molecule has 1 aliphatic rings. The van der Waals surface area contributed by atoms with Crippen molar-refractivity contribution in [3.05, 3.63) is 36.0 Å². The van der Waals surface area contributed by atoms with Crippen LogP contribution in [0.1, 0.15) is 24.3 Å². The van der Waals surface area contributed by atoms with Gasteiger partial charge in [-0.3, -0.25) is 9.59 Å². The maximum Gasteiger partial charge on any atom is 0.314 e. The predicted molar refractivity (Wildman–Crippen MR) is 61.4 cm³/mol. The summed E-state index contributed by atoms with van der Waals surface area (Å²) in [6.45, 7) is 0.